The molecule has 0 aliphatic carbocycles. The molecule has 0 aliphatic heterocycles. The van der Waals surface area contributed by atoms with Crippen molar-refractivity contribution in [3.63, 3.8) is 0 Å². The second-order valence-electron chi connectivity index (χ2n) is 4.20. The highest BCUT2D eigenvalue weighted by Gasteiger charge is 2.20. The summed E-state index contributed by atoms with van der Waals surface area (Å²) in [5.74, 6) is -1.10. The molecule has 1 rings (SSSR count). The van der Waals surface area contributed by atoms with Crippen molar-refractivity contribution < 1.29 is 19.2 Å². The largest absolute Gasteiger partial charge is 0.464 e. The van der Waals surface area contributed by atoms with E-state index in [-0.39, 0.29) is 17.9 Å². The molecule has 1 amide bonds. The summed E-state index contributed by atoms with van der Waals surface area (Å²) in [6.07, 6.45) is 0. The van der Waals surface area contributed by atoms with Crippen molar-refractivity contribution in [2.75, 3.05) is 6.61 Å². The number of aryl methyl sites for hydroxylation is 1. The van der Waals surface area contributed by atoms with Gasteiger partial charge in [0.2, 0.25) is 0 Å². The second-order valence-corrected chi connectivity index (χ2v) is 4.20. The topological polar surface area (TPSA) is 98.5 Å². The van der Waals surface area contributed by atoms with Gasteiger partial charge < -0.3 is 10.1 Å². The van der Waals surface area contributed by atoms with Crippen LogP contribution in [0.3, 0.4) is 0 Å². The van der Waals surface area contributed by atoms with Crippen molar-refractivity contribution in [3.8, 4) is 0 Å². The van der Waals surface area contributed by atoms with Crippen LogP contribution in [0.25, 0.3) is 0 Å². The predicted molar refractivity (Wildman–Crippen MR) is 71.4 cm³/mol. The quantitative estimate of drug-likeness (QED) is 0.501. The van der Waals surface area contributed by atoms with Gasteiger partial charge in [0.25, 0.3) is 11.6 Å². The van der Waals surface area contributed by atoms with Crippen molar-refractivity contribution in [2.45, 2.75) is 26.8 Å². The molecule has 0 heterocycles. The first-order valence-electron chi connectivity index (χ1n) is 6.09. The van der Waals surface area contributed by atoms with Crippen molar-refractivity contribution in [2.24, 2.45) is 0 Å². The number of amides is 1. The number of nitro groups is 1. The lowest BCUT2D eigenvalue weighted by Crippen LogP contribution is -2.39. The van der Waals surface area contributed by atoms with Gasteiger partial charge in [-0.1, -0.05) is 6.07 Å². The number of nitrogens with one attached hydrogen (secondary N) is 1. The maximum atomic E-state index is 12.0. The first-order valence-corrected chi connectivity index (χ1v) is 6.09. The molecule has 1 unspecified atom stereocenters. The molecule has 1 aromatic rings. The molecule has 1 N–H and O–H groups in total. The van der Waals surface area contributed by atoms with Crippen LogP contribution >= 0.6 is 0 Å². The molecule has 7 heteroatoms. The minimum absolute atomic E-state index is 0.162. The molecule has 1 atom stereocenters. The van der Waals surface area contributed by atoms with Gasteiger partial charge in [-0.05, 0) is 26.3 Å². The van der Waals surface area contributed by atoms with Crippen LogP contribution in [0.2, 0.25) is 0 Å². The highest BCUT2D eigenvalue weighted by atomic mass is 16.6. The average molecular weight is 280 g/mol. The first kappa shape index (κ1) is 15.6. The van der Waals surface area contributed by atoms with E-state index in [1.165, 1.54) is 25.1 Å². The van der Waals surface area contributed by atoms with Crippen LogP contribution in [0.15, 0.2) is 18.2 Å². The Labute approximate surface area is 116 Å². The predicted octanol–water partition coefficient (Wildman–Crippen LogP) is 1.58. The summed E-state index contributed by atoms with van der Waals surface area (Å²) in [6.45, 7) is 5.03. The highest BCUT2D eigenvalue weighted by molar-refractivity contribution is 5.98. The van der Waals surface area contributed by atoms with Gasteiger partial charge in [0, 0.05) is 17.7 Å². The number of nitrogens with zero attached hydrogens (tertiary/aromatic N) is 1. The summed E-state index contributed by atoms with van der Waals surface area (Å²) < 4.78 is 4.77. The van der Waals surface area contributed by atoms with Crippen LogP contribution in [0, 0.1) is 17.0 Å². The smallest absolute Gasteiger partial charge is 0.328 e. The maximum Gasteiger partial charge on any atom is 0.328 e. The monoisotopic (exact) mass is 280 g/mol. The van der Waals surface area contributed by atoms with Crippen molar-refractivity contribution in [1.29, 1.82) is 0 Å². The average Bonchev–Trinajstić information content (AvgIpc) is 2.38. The van der Waals surface area contributed by atoms with Gasteiger partial charge in [-0.15, -0.1) is 0 Å². The SMILES string of the molecule is CCOC(=O)C(C)NC(=O)c1cc([N+](=O)[O-])ccc1C. The van der Waals surface area contributed by atoms with E-state index in [1.54, 1.807) is 13.8 Å². The van der Waals surface area contributed by atoms with E-state index in [1.807, 2.05) is 0 Å². The summed E-state index contributed by atoms with van der Waals surface area (Å²) >= 11 is 0. The Kier molecular flexibility index (Phi) is 5.19. The van der Waals surface area contributed by atoms with E-state index in [4.69, 9.17) is 4.74 Å². The molecule has 0 radical (unpaired) electrons. The fourth-order valence-corrected chi connectivity index (χ4v) is 1.57. The van der Waals surface area contributed by atoms with Gasteiger partial charge >= 0.3 is 5.97 Å². The Balaban J connectivity index is 2.89. The molecule has 20 heavy (non-hydrogen) atoms. The number of non-ortho nitro benzene ring substituents is 1. The zero-order chi connectivity index (χ0) is 15.3. The molecular formula is C13H16N2O5. The highest BCUT2D eigenvalue weighted by Crippen LogP contribution is 2.17. The Morgan fingerprint density at radius 1 is 1.45 bits per heavy atom. The fraction of sp³-hybridized carbons (Fsp3) is 0.385. The van der Waals surface area contributed by atoms with Crippen LogP contribution in [0.5, 0.6) is 0 Å². The van der Waals surface area contributed by atoms with Crippen LogP contribution < -0.4 is 5.32 Å². The fourth-order valence-electron chi connectivity index (χ4n) is 1.57. The number of ether oxygens (including phenoxy) is 1. The lowest BCUT2D eigenvalue weighted by atomic mass is 10.1. The molecule has 0 saturated carbocycles. The number of carbonyl (C=O) groups excluding carboxylic acids is 2. The van der Waals surface area contributed by atoms with E-state index < -0.39 is 22.8 Å². The molecule has 0 aromatic heterocycles. The van der Waals surface area contributed by atoms with Gasteiger partial charge in [-0.3, -0.25) is 14.9 Å². The number of rotatable bonds is 5. The van der Waals surface area contributed by atoms with Crippen molar-refractivity contribution in [3.05, 3.63) is 39.4 Å². The zero-order valence-corrected chi connectivity index (χ0v) is 11.5. The zero-order valence-electron chi connectivity index (χ0n) is 11.5. The number of hydrogen-bond donors (Lipinski definition) is 1. The summed E-state index contributed by atoms with van der Waals surface area (Å²) in [7, 11) is 0. The van der Waals surface area contributed by atoms with Gasteiger partial charge in [-0.25, -0.2) is 4.79 Å². The summed E-state index contributed by atoms with van der Waals surface area (Å²) in [6, 6.07) is 3.17. The summed E-state index contributed by atoms with van der Waals surface area (Å²) in [5, 5.41) is 13.2. The first-order chi connectivity index (χ1) is 9.36. The molecule has 108 valence electrons. The Hall–Kier alpha value is -2.44. The van der Waals surface area contributed by atoms with Crippen LogP contribution in [-0.2, 0) is 9.53 Å². The normalized spacial score (nSPS) is 11.6. The van der Waals surface area contributed by atoms with E-state index in [2.05, 4.69) is 5.32 Å². The van der Waals surface area contributed by atoms with Crippen LogP contribution in [0.4, 0.5) is 5.69 Å². The number of hydrogen-bond acceptors (Lipinski definition) is 5. The summed E-state index contributed by atoms with van der Waals surface area (Å²) in [4.78, 5) is 33.6. The molecule has 0 saturated heterocycles. The number of nitro benzene ring substituents is 1. The van der Waals surface area contributed by atoms with Crippen LogP contribution in [0.1, 0.15) is 29.8 Å². The minimum Gasteiger partial charge on any atom is -0.464 e. The van der Waals surface area contributed by atoms with Crippen molar-refractivity contribution in [1.82, 2.24) is 5.32 Å². The minimum atomic E-state index is -0.818. The van der Waals surface area contributed by atoms with E-state index in [0.29, 0.717) is 5.56 Å². The lowest BCUT2D eigenvalue weighted by Gasteiger charge is -2.13. The second kappa shape index (κ2) is 6.65. The Morgan fingerprint density at radius 3 is 2.65 bits per heavy atom. The molecule has 0 aliphatic rings. The van der Waals surface area contributed by atoms with Crippen molar-refractivity contribution >= 4 is 17.6 Å². The third-order valence-electron chi connectivity index (χ3n) is 2.66. The van der Waals surface area contributed by atoms with E-state index in [0.717, 1.165) is 0 Å². The number of esters is 1. The van der Waals surface area contributed by atoms with Gasteiger partial charge in [0.1, 0.15) is 6.04 Å². The standard InChI is InChI=1S/C13H16N2O5/c1-4-20-13(17)9(3)14-12(16)11-7-10(15(18)19)6-5-8(11)2/h5-7,9H,4H2,1-3H3,(H,14,16). The molecule has 1 aromatic carbocycles. The van der Waals surface area contributed by atoms with E-state index >= 15 is 0 Å². The number of carbonyl (C=O) groups is 2. The Morgan fingerprint density at radius 2 is 2.10 bits per heavy atom. The summed E-state index contributed by atoms with van der Waals surface area (Å²) in [5.41, 5.74) is 0.573. The van der Waals surface area contributed by atoms with Gasteiger partial charge in [-0.2, -0.15) is 0 Å². The lowest BCUT2D eigenvalue weighted by molar-refractivity contribution is -0.384. The molecular weight excluding hydrogens is 264 g/mol. The Bertz CT molecular complexity index is 542. The molecule has 0 spiro atoms. The van der Waals surface area contributed by atoms with Crippen LogP contribution in [-0.4, -0.2) is 29.4 Å². The maximum absolute atomic E-state index is 12.0. The third-order valence-corrected chi connectivity index (χ3v) is 2.66. The number of benzene rings is 1. The van der Waals surface area contributed by atoms with Gasteiger partial charge in [0.05, 0.1) is 11.5 Å². The third kappa shape index (κ3) is 3.78. The molecule has 0 bridgehead atoms. The molecule has 0 fully saturated rings. The van der Waals surface area contributed by atoms with Gasteiger partial charge in [0.15, 0.2) is 0 Å². The molecule has 7 nitrogen and oxygen atoms in total. The van der Waals surface area contributed by atoms with E-state index in [9.17, 15) is 19.7 Å².